The number of methoxy groups -OCH3 is 1. The Hall–Kier alpha value is -2.12. The van der Waals surface area contributed by atoms with Gasteiger partial charge in [-0.15, -0.1) is 0 Å². The number of ether oxygens (including phenoxy) is 2. The first-order valence-electron chi connectivity index (χ1n) is 6.32. The zero-order chi connectivity index (χ0) is 15.1. The van der Waals surface area contributed by atoms with Gasteiger partial charge >= 0.3 is 6.01 Å². The maximum Gasteiger partial charge on any atom is 0.321 e. The quantitative estimate of drug-likeness (QED) is 0.794. The van der Waals surface area contributed by atoms with Crippen LogP contribution >= 0.6 is 0 Å². The van der Waals surface area contributed by atoms with E-state index in [0.717, 1.165) is 24.2 Å². The highest BCUT2D eigenvalue weighted by Gasteiger charge is 2.07. The summed E-state index contributed by atoms with van der Waals surface area (Å²) in [5, 5.41) is 3.14. The Kier molecular flexibility index (Phi) is 5.53. The zero-order valence-corrected chi connectivity index (χ0v) is 11.5. The van der Waals surface area contributed by atoms with Crippen LogP contribution in [-0.4, -0.2) is 30.2 Å². The molecule has 1 aromatic carbocycles. The van der Waals surface area contributed by atoms with Crippen LogP contribution < -0.4 is 10.1 Å². The molecule has 112 valence electrons. The highest BCUT2D eigenvalue weighted by atomic mass is 19.1. The van der Waals surface area contributed by atoms with E-state index in [1.54, 1.807) is 19.5 Å². The fourth-order valence-corrected chi connectivity index (χ4v) is 1.55. The third-order valence-electron chi connectivity index (χ3n) is 2.59. The molecule has 1 N–H and O–H groups in total. The lowest BCUT2D eigenvalue weighted by atomic mass is 10.3. The maximum atomic E-state index is 13.4. The monoisotopic (exact) mass is 295 g/mol. The number of hydrogen-bond acceptors (Lipinski definition) is 5. The van der Waals surface area contributed by atoms with Crippen LogP contribution in [0.3, 0.4) is 0 Å². The van der Waals surface area contributed by atoms with Crippen LogP contribution in [0.4, 0.5) is 8.78 Å². The van der Waals surface area contributed by atoms with E-state index >= 15 is 0 Å². The molecule has 0 atom stereocenters. The first kappa shape index (κ1) is 15.3. The molecule has 7 heteroatoms. The third-order valence-corrected chi connectivity index (χ3v) is 2.59. The molecule has 0 bridgehead atoms. The van der Waals surface area contributed by atoms with Gasteiger partial charge in [-0.25, -0.2) is 18.7 Å². The van der Waals surface area contributed by atoms with Crippen LogP contribution in [0.1, 0.15) is 5.56 Å². The van der Waals surface area contributed by atoms with Gasteiger partial charge in [-0.3, -0.25) is 0 Å². The Balaban J connectivity index is 1.92. The molecule has 0 fully saturated rings. The molecular weight excluding hydrogens is 280 g/mol. The highest BCUT2D eigenvalue weighted by molar-refractivity contribution is 5.27. The van der Waals surface area contributed by atoms with Crippen molar-refractivity contribution in [1.82, 2.24) is 15.3 Å². The van der Waals surface area contributed by atoms with E-state index in [1.165, 1.54) is 6.07 Å². The molecule has 21 heavy (non-hydrogen) atoms. The summed E-state index contributed by atoms with van der Waals surface area (Å²) >= 11 is 0. The minimum atomic E-state index is -0.802. The zero-order valence-electron chi connectivity index (χ0n) is 11.5. The Labute approximate surface area is 120 Å². The van der Waals surface area contributed by atoms with Crippen LogP contribution in [0.5, 0.6) is 11.8 Å². The Morgan fingerprint density at radius 1 is 1.19 bits per heavy atom. The second-order valence-electron chi connectivity index (χ2n) is 4.22. The Morgan fingerprint density at radius 3 is 2.62 bits per heavy atom. The minimum absolute atomic E-state index is 0.00106. The highest BCUT2D eigenvalue weighted by Crippen LogP contribution is 2.22. The summed E-state index contributed by atoms with van der Waals surface area (Å²) in [6.07, 6.45) is 3.15. The van der Waals surface area contributed by atoms with Gasteiger partial charge in [0.2, 0.25) is 0 Å². The second kappa shape index (κ2) is 7.61. The van der Waals surface area contributed by atoms with Crippen molar-refractivity contribution in [3.8, 4) is 11.8 Å². The van der Waals surface area contributed by atoms with Gasteiger partial charge in [-0.2, -0.15) is 0 Å². The molecule has 0 spiro atoms. The number of aromatic nitrogens is 2. The second-order valence-corrected chi connectivity index (χ2v) is 4.22. The summed E-state index contributed by atoms with van der Waals surface area (Å²) in [6, 6.07) is 3.03. The summed E-state index contributed by atoms with van der Waals surface area (Å²) in [5.41, 5.74) is 0.859. The van der Waals surface area contributed by atoms with Crippen molar-refractivity contribution in [3.05, 3.63) is 47.8 Å². The molecule has 0 radical (unpaired) electrons. The molecule has 0 amide bonds. The van der Waals surface area contributed by atoms with E-state index in [1.807, 2.05) is 0 Å². The van der Waals surface area contributed by atoms with Crippen LogP contribution in [0, 0.1) is 11.6 Å². The summed E-state index contributed by atoms with van der Waals surface area (Å²) in [5.74, 6) is -1.59. The van der Waals surface area contributed by atoms with E-state index in [-0.39, 0.29) is 11.8 Å². The predicted molar refractivity (Wildman–Crippen MR) is 72.0 cm³/mol. The number of rotatable bonds is 7. The van der Waals surface area contributed by atoms with Crippen molar-refractivity contribution in [2.24, 2.45) is 0 Å². The standard InChI is InChI=1S/C14H15F2N3O2/c1-20-5-4-17-7-10-8-18-14(19-9-10)21-13-3-2-11(15)6-12(13)16/h2-3,6,8-9,17H,4-5,7H2,1H3. The SMILES string of the molecule is COCCNCc1cnc(Oc2ccc(F)cc2F)nc1. The smallest absolute Gasteiger partial charge is 0.321 e. The lowest BCUT2D eigenvalue weighted by Gasteiger charge is -2.06. The molecule has 1 heterocycles. The van der Waals surface area contributed by atoms with Crippen LogP contribution in [0.15, 0.2) is 30.6 Å². The van der Waals surface area contributed by atoms with Gasteiger partial charge in [0.15, 0.2) is 11.6 Å². The van der Waals surface area contributed by atoms with Gasteiger partial charge in [-0.05, 0) is 12.1 Å². The molecule has 0 saturated carbocycles. The first-order valence-corrected chi connectivity index (χ1v) is 6.32. The largest absolute Gasteiger partial charge is 0.421 e. The third kappa shape index (κ3) is 4.73. The Bertz CT molecular complexity index is 579. The number of nitrogens with one attached hydrogen (secondary N) is 1. The van der Waals surface area contributed by atoms with E-state index in [0.29, 0.717) is 13.2 Å². The lowest BCUT2D eigenvalue weighted by molar-refractivity contribution is 0.199. The summed E-state index contributed by atoms with van der Waals surface area (Å²) in [7, 11) is 1.63. The van der Waals surface area contributed by atoms with Gasteiger partial charge < -0.3 is 14.8 Å². The lowest BCUT2D eigenvalue weighted by Crippen LogP contribution is -2.18. The van der Waals surface area contributed by atoms with Crippen molar-refractivity contribution in [2.45, 2.75) is 6.54 Å². The molecule has 5 nitrogen and oxygen atoms in total. The molecule has 0 unspecified atom stereocenters. The van der Waals surface area contributed by atoms with Crippen molar-refractivity contribution < 1.29 is 18.3 Å². The fraction of sp³-hybridized carbons (Fsp3) is 0.286. The van der Waals surface area contributed by atoms with E-state index in [4.69, 9.17) is 9.47 Å². The van der Waals surface area contributed by atoms with E-state index < -0.39 is 11.6 Å². The van der Waals surface area contributed by atoms with Crippen LogP contribution in [0.2, 0.25) is 0 Å². The first-order chi connectivity index (χ1) is 10.2. The van der Waals surface area contributed by atoms with Crippen molar-refractivity contribution in [2.75, 3.05) is 20.3 Å². The number of halogens is 2. The van der Waals surface area contributed by atoms with E-state index in [2.05, 4.69) is 15.3 Å². The van der Waals surface area contributed by atoms with Gasteiger partial charge in [0.25, 0.3) is 0 Å². The number of nitrogens with zero attached hydrogens (tertiary/aromatic N) is 2. The Morgan fingerprint density at radius 2 is 1.95 bits per heavy atom. The average molecular weight is 295 g/mol. The summed E-state index contributed by atoms with van der Waals surface area (Å²) < 4.78 is 36.2. The van der Waals surface area contributed by atoms with Gasteiger partial charge in [0.05, 0.1) is 6.61 Å². The van der Waals surface area contributed by atoms with Crippen molar-refractivity contribution >= 4 is 0 Å². The summed E-state index contributed by atoms with van der Waals surface area (Å²) in [6.45, 7) is 1.93. The molecular formula is C14H15F2N3O2. The maximum absolute atomic E-state index is 13.4. The summed E-state index contributed by atoms with van der Waals surface area (Å²) in [4.78, 5) is 7.94. The molecule has 2 aromatic rings. The molecule has 0 aliphatic carbocycles. The predicted octanol–water partition coefficient (Wildman–Crippen LogP) is 2.28. The van der Waals surface area contributed by atoms with Gasteiger partial charge in [0.1, 0.15) is 5.82 Å². The van der Waals surface area contributed by atoms with Crippen molar-refractivity contribution in [1.29, 1.82) is 0 Å². The topological polar surface area (TPSA) is 56.3 Å². The molecule has 0 saturated heterocycles. The normalized spacial score (nSPS) is 10.6. The number of hydrogen-bond donors (Lipinski definition) is 1. The van der Waals surface area contributed by atoms with Crippen LogP contribution in [-0.2, 0) is 11.3 Å². The van der Waals surface area contributed by atoms with Crippen molar-refractivity contribution in [3.63, 3.8) is 0 Å². The van der Waals surface area contributed by atoms with E-state index in [9.17, 15) is 8.78 Å². The molecule has 0 aliphatic heterocycles. The average Bonchev–Trinajstić information content (AvgIpc) is 2.48. The van der Waals surface area contributed by atoms with Gasteiger partial charge in [-0.1, -0.05) is 0 Å². The molecule has 2 rings (SSSR count). The van der Waals surface area contributed by atoms with Crippen LogP contribution in [0.25, 0.3) is 0 Å². The molecule has 0 aliphatic rings. The number of benzene rings is 1. The molecule has 1 aromatic heterocycles. The van der Waals surface area contributed by atoms with Gasteiger partial charge in [0, 0.05) is 44.2 Å². The fourth-order valence-electron chi connectivity index (χ4n) is 1.55. The minimum Gasteiger partial charge on any atom is -0.421 e.